The first kappa shape index (κ1) is 13.7. The van der Waals surface area contributed by atoms with Crippen LogP contribution in [0.2, 0.25) is 5.02 Å². The number of anilines is 3. The van der Waals surface area contributed by atoms with Crippen LogP contribution in [0.4, 0.5) is 17.1 Å². The number of benzene rings is 2. The lowest BCUT2D eigenvalue weighted by atomic mass is 10.2. The van der Waals surface area contributed by atoms with Gasteiger partial charge < -0.3 is 11.1 Å². The molecular weight excluding hydrogens is 358 g/mol. The van der Waals surface area contributed by atoms with Gasteiger partial charge in [0.1, 0.15) is 0 Å². The molecule has 0 aliphatic heterocycles. The summed E-state index contributed by atoms with van der Waals surface area (Å²) in [6.07, 6.45) is 0. The summed E-state index contributed by atoms with van der Waals surface area (Å²) in [4.78, 5) is 4.48. The molecule has 3 aromatic rings. The van der Waals surface area contributed by atoms with Crippen LogP contribution in [-0.4, -0.2) is 4.98 Å². The van der Waals surface area contributed by atoms with Crippen molar-refractivity contribution in [1.82, 2.24) is 4.98 Å². The van der Waals surface area contributed by atoms with Gasteiger partial charge in [-0.25, -0.2) is 4.98 Å². The average molecular weight is 369 g/mol. The Labute approximate surface area is 133 Å². The Morgan fingerprint density at radius 1 is 1.30 bits per heavy atom. The molecule has 1 heterocycles. The zero-order chi connectivity index (χ0) is 14.3. The van der Waals surface area contributed by atoms with E-state index < -0.39 is 0 Å². The Balaban J connectivity index is 2.05. The third-order valence-electron chi connectivity index (χ3n) is 2.89. The number of hydrogen-bond acceptors (Lipinski definition) is 4. The highest BCUT2D eigenvalue weighted by atomic mass is 79.9. The zero-order valence-corrected chi connectivity index (χ0v) is 13.7. The Morgan fingerprint density at radius 2 is 2.10 bits per heavy atom. The fraction of sp³-hybridized carbons (Fsp3) is 0.0714. The fourth-order valence-corrected chi connectivity index (χ4v) is 3.35. The van der Waals surface area contributed by atoms with Crippen molar-refractivity contribution in [2.45, 2.75) is 6.92 Å². The van der Waals surface area contributed by atoms with Gasteiger partial charge in [-0.3, -0.25) is 0 Å². The van der Waals surface area contributed by atoms with Crippen LogP contribution in [0, 0.1) is 6.92 Å². The molecule has 0 bridgehead atoms. The van der Waals surface area contributed by atoms with Crippen molar-refractivity contribution in [1.29, 1.82) is 0 Å². The number of nitrogens with two attached hydrogens (primary N) is 1. The molecule has 0 fully saturated rings. The molecule has 0 aliphatic carbocycles. The standard InChI is InChI=1S/C14H11BrClN3S/c1-7-18-12-6-11(9(17)5-13(12)20-7)19-10-4-2-3-8(16)14(10)15/h2-6,19H,17H2,1H3. The molecule has 0 atom stereocenters. The van der Waals surface area contributed by atoms with Gasteiger partial charge in [-0.05, 0) is 47.1 Å². The summed E-state index contributed by atoms with van der Waals surface area (Å²) in [6, 6.07) is 9.55. The first-order chi connectivity index (χ1) is 9.54. The fourth-order valence-electron chi connectivity index (χ4n) is 1.96. The number of halogens is 2. The summed E-state index contributed by atoms with van der Waals surface area (Å²) in [7, 11) is 0. The predicted molar refractivity (Wildman–Crippen MR) is 91.2 cm³/mol. The molecular formula is C14H11BrClN3S. The number of nitrogens with one attached hydrogen (secondary N) is 1. The van der Waals surface area contributed by atoms with E-state index in [1.165, 1.54) is 0 Å². The van der Waals surface area contributed by atoms with Gasteiger partial charge in [0.25, 0.3) is 0 Å². The van der Waals surface area contributed by atoms with Gasteiger partial charge in [-0.1, -0.05) is 17.7 Å². The third-order valence-corrected chi connectivity index (χ3v) is 5.22. The number of hydrogen-bond donors (Lipinski definition) is 2. The van der Waals surface area contributed by atoms with E-state index in [1.54, 1.807) is 11.3 Å². The van der Waals surface area contributed by atoms with E-state index in [0.29, 0.717) is 10.7 Å². The second kappa shape index (κ2) is 5.24. The van der Waals surface area contributed by atoms with Crippen molar-refractivity contribution in [2.75, 3.05) is 11.1 Å². The van der Waals surface area contributed by atoms with E-state index >= 15 is 0 Å². The van der Waals surface area contributed by atoms with Crippen LogP contribution in [-0.2, 0) is 0 Å². The zero-order valence-electron chi connectivity index (χ0n) is 10.6. The Morgan fingerprint density at radius 3 is 2.90 bits per heavy atom. The normalized spacial score (nSPS) is 10.9. The van der Waals surface area contributed by atoms with Crippen molar-refractivity contribution in [3.8, 4) is 0 Å². The van der Waals surface area contributed by atoms with Crippen molar-refractivity contribution < 1.29 is 0 Å². The topological polar surface area (TPSA) is 50.9 Å². The Bertz CT molecular complexity index is 800. The molecule has 0 aliphatic rings. The van der Waals surface area contributed by atoms with Crippen LogP contribution < -0.4 is 11.1 Å². The average Bonchev–Trinajstić information content (AvgIpc) is 2.74. The van der Waals surface area contributed by atoms with E-state index in [-0.39, 0.29) is 0 Å². The Kier molecular flexibility index (Phi) is 3.58. The summed E-state index contributed by atoms with van der Waals surface area (Å²) in [5, 5.41) is 4.97. The molecule has 3 N–H and O–H groups in total. The van der Waals surface area contributed by atoms with Crippen LogP contribution in [0.5, 0.6) is 0 Å². The monoisotopic (exact) mass is 367 g/mol. The molecule has 0 saturated carbocycles. The number of rotatable bonds is 2. The highest BCUT2D eigenvalue weighted by molar-refractivity contribution is 9.10. The molecule has 0 amide bonds. The molecule has 0 spiro atoms. The van der Waals surface area contributed by atoms with Crippen molar-refractivity contribution in [2.24, 2.45) is 0 Å². The van der Waals surface area contributed by atoms with Crippen LogP contribution >= 0.6 is 38.9 Å². The maximum Gasteiger partial charge on any atom is 0.0907 e. The van der Waals surface area contributed by atoms with E-state index in [0.717, 1.165) is 31.1 Å². The van der Waals surface area contributed by atoms with Crippen LogP contribution in [0.1, 0.15) is 5.01 Å². The number of fused-ring (bicyclic) bond motifs is 1. The van der Waals surface area contributed by atoms with E-state index in [2.05, 4.69) is 26.2 Å². The number of aryl methyl sites for hydroxylation is 1. The van der Waals surface area contributed by atoms with Crippen molar-refractivity contribution in [3.05, 3.63) is 44.8 Å². The minimum Gasteiger partial charge on any atom is -0.397 e. The maximum atomic E-state index is 6.10. The molecule has 3 rings (SSSR count). The minimum atomic E-state index is 0.652. The van der Waals surface area contributed by atoms with Gasteiger partial charge in [-0.15, -0.1) is 11.3 Å². The van der Waals surface area contributed by atoms with Gasteiger partial charge in [0.05, 0.1) is 41.8 Å². The van der Waals surface area contributed by atoms with E-state index in [9.17, 15) is 0 Å². The lowest BCUT2D eigenvalue weighted by Gasteiger charge is -2.11. The second-order valence-electron chi connectivity index (χ2n) is 4.37. The smallest absolute Gasteiger partial charge is 0.0907 e. The first-order valence-electron chi connectivity index (χ1n) is 5.92. The molecule has 6 heteroatoms. The largest absolute Gasteiger partial charge is 0.397 e. The van der Waals surface area contributed by atoms with Gasteiger partial charge in [0, 0.05) is 0 Å². The molecule has 102 valence electrons. The van der Waals surface area contributed by atoms with Gasteiger partial charge >= 0.3 is 0 Å². The number of thiazole rings is 1. The number of nitrogen functional groups attached to an aromatic ring is 1. The van der Waals surface area contributed by atoms with Gasteiger partial charge in [0.2, 0.25) is 0 Å². The molecule has 2 aromatic carbocycles. The van der Waals surface area contributed by atoms with Crippen LogP contribution in [0.15, 0.2) is 34.8 Å². The molecule has 20 heavy (non-hydrogen) atoms. The molecule has 0 radical (unpaired) electrons. The number of nitrogens with zero attached hydrogens (tertiary/aromatic N) is 1. The van der Waals surface area contributed by atoms with Gasteiger partial charge in [-0.2, -0.15) is 0 Å². The van der Waals surface area contributed by atoms with Crippen molar-refractivity contribution >= 4 is 66.1 Å². The number of aromatic nitrogens is 1. The summed E-state index contributed by atoms with van der Waals surface area (Å²) < 4.78 is 1.91. The lowest BCUT2D eigenvalue weighted by molar-refractivity contribution is 1.35. The van der Waals surface area contributed by atoms with Gasteiger partial charge in [0.15, 0.2) is 0 Å². The summed E-state index contributed by atoms with van der Waals surface area (Å²) in [6.45, 7) is 1.99. The second-order valence-corrected chi connectivity index (χ2v) is 6.80. The third kappa shape index (κ3) is 2.49. The SMILES string of the molecule is Cc1nc2cc(Nc3cccc(Cl)c3Br)c(N)cc2s1. The van der Waals surface area contributed by atoms with Crippen LogP contribution in [0.25, 0.3) is 10.2 Å². The molecule has 1 aromatic heterocycles. The summed E-state index contributed by atoms with van der Waals surface area (Å²) in [5.74, 6) is 0. The van der Waals surface area contributed by atoms with E-state index in [4.69, 9.17) is 17.3 Å². The Hall–Kier alpha value is -1.30. The molecule has 3 nitrogen and oxygen atoms in total. The highest BCUT2D eigenvalue weighted by Crippen LogP contribution is 2.35. The molecule has 0 unspecified atom stereocenters. The lowest BCUT2D eigenvalue weighted by Crippen LogP contribution is -1.97. The predicted octanol–water partition coefficient (Wildman–Crippen LogP) is 5.35. The minimum absolute atomic E-state index is 0.652. The quantitative estimate of drug-likeness (QED) is 0.600. The molecule has 0 saturated heterocycles. The van der Waals surface area contributed by atoms with E-state index in [1.807, 2.05) is 37.3 Å². The first-order valence-corrected chi connectivity index (χ1v) is 7.91. The highest BCUT2D eigenvalue weighted by Gasteiger charge is 2.09. The summed E-state index contributed by atoms with van der Waals surface area (Å²) >= 11 is 11.2. The van der Waals surface area contributed by atoms with Crippen molar-refractivity contribution in [3.63, 3.8) is 0 Å². The maximum absolute atomic E-state index is 6.10. The summed E-state index contributed by atoms with van der Waals surface area (Å²) in [5.41, 5.74) is 9.43. The van der Waals surface area contributed by atoms with Crippen LogP contribution in [0.3, 0.4) is 0 Å².